The van der Waals surface area contributed by atoms with Crippen LogP contribution in [0.4, 0.5) is 4.39 Å². The second kappa shape index (κ2) is 6.16. The summed E-state index contributed by atoms with van der Waals surface area (Å²) in [7, 11) is -3.84. The molecule has 8 nitrogen and oxygen atoms in total. The van der Waals surface area contributed by atoms with E-state index < -0.39 is 21.3 Å². The second-order valence-corrected chi connectivity index (χ2v) is 6.45. The van der Waals surface area contributed by atoms with E-state index in [2.05, 4.69) is 15.4 Å². The molecular weight excluding hydrogens is 337 g/mol. The fourth-order valence-corrected chi connectivity index (χ4v) is 2.78. The predicted molar refractivity (Wildman–Crippen MR) is 82.3 cm³/mol. The molecule has 24 heavy (non-hydrogen) atoms. The Labute approximate surface area is 135 Å². The topological polar surface area (TPSA) is 99.7 Å². The van der Waals surface area contributed by atoms with Crippen LogP contribution in [0, 0.1) is 5.82 Å². The summed E-state index contributed by atoms with van der Waals surface area (Å²) < 4.78 is 38.8. The molecule has 0 fully saturated rings. The van der Waals surface area contributed by atoms with Gasteiger partial charge < -0.3 is 0 Å². The molecule has 0 radical (unpaired) electrons. The third-order valence-corrected chi connectivity index (χ3v) is 4.43. The molecule has 1 aromatic carbocycles. The molecule has 0 amide bonds. The summed E-state index contributed by atoms with van der Waals surface area (Å²) in [5.74, 6) is -0.548. The highest BCUT2D eigenvalue weighted by Gasteiger charge is 2.12. The van der Waals surface area contributed by atoms with Crippen molar-refractivity contribution >= 4 is 16.0 Å². The highest BCUT2D eigenvalue weighted by Crippen LogP contribution is 2.13. The summed E-state index contributed by atoms with van der Waals surface area (Å²) in [6.07, 6.45) is 3.93. The van der Waals surface area contributed by atoms with Crippen LogP contribution in [0.5, 0.6) is 0 Å². The van der Waals surface area contributed by atoms with Crippen molar-refractivity contribution in [2.45, 2.75) is 4.90 Å². The van der Waals surface area contributed by atoms with Crippen LogP contribution in [0.3, 0.4) is 0 Å². The Kier molecular flexibility index (Phi) is 4.04. The SMILES string of the molecule is O=c1n(C=CS(=O)(=O)c2ccc(F)cc2)nnn1-c1cccnc1. The van der Waals surface area contributed by atoms with Crippen LogP contribution in [-0.2, 0) is 9.84 Å². The number of benzene rings is 1. The first kappa shape index (κ1) is 15.7. The number of aromatic nitrogens is 5. The molecule has 2 heterocycles. The van der Waals surface area contributed by atoms with Gasteiger partial charge in [0.25, 0.3) is 0 Å². The number of rotatable bonds is 4. The molecule has 0 aliphatic carbocycles. The summed E-state index contributed by atoms with van der Waals surface area (Å²) in [4.78, 5) is 15.9. The normalized spacial score (nSPS) is 11.9. The maximum Gasteiger partial charge on any atom is 0.372 e. The minimum Gasteiger partial charge on any atom is -0.262 e. The average Bonchev–Trinajstić information content (AvgIpc) is 2.95. The van der Waals surface area contributed by atoms with Crippen molar-refractivity contribution in [1.29, 1.82) is 0 Å². The number of halogens is 1. The van der Waals surface area contributed by atoms with Crippen LogP contribution in [0.15, 0.2) is 63.9 Å². The first-order valence-electron chi connectivity index (χ1n) is 6.61. The lowest BCUT2D eigenvalue weighted by Gasteiger charge is -1.98. The zero-order valence-corrected chi connectivity index (χ0v) is 12.8. The Morgan fingerprint density at radius 3 is 2.50 bits per heavy atom. The van der Waals surface area contributed by atoms with Crippen LogP contribution >= 0.6 is 0 Å². The van der Waals surface area contributed by atoms with Crippen LogP contribution < -0.4 is 5.69 Å². The third-order valence-electron chi connectivity index (χ3n) is 3.02. The maximum absolute atomic E-state index is 12.9. The van der Waals surface area contributed by atoms with Crippen molar-refractivity contribution in [3.63, 3.8) is 0 Å². The molecule has 10 heteroatoms. The van der Waals surface area contributed by atoms with Gasteiger partial charge >= 0.3 is 5.69 Å². The molecule has 3 aromatic rings. The van der Waals surface area contributed by atoms with Crippen molar-refractivity contribution < 1.29 is 12.8 Å². The van der Waals surface area contributed by atoms with E-state index in [9.17, 15) is 17.6 Å². The summed E-state index contributed by atoms with van der Waals surface area (Å²) in [5, 5.41) is 8.03. The van der Waals surface area contributed by atoms with Crippen molar-refractivity contribution in [2.24, 2.45) is 0 Å². The van der Waals surface area contributed by atoms with E-state index in [0.29, 0.717) is 5.69 Å². The molecule has 3 rings (SSSR count). The quantitative estimate of drug-likeness (QED) is 0.649. The van der Waals surface area contributed by atoms with E-state index in [-0.39, 0.29) is 4.90 Å². The molecule has 0 atom stereocenters. The molecule has 0 aliphatic rings. The summed E-state index contributed by atoms with van der Waals surface area (Å²) >= 11 is 0. The van der Waals surface area contributed by atoms with Crippen LogP contribution in [0.25, 0.3) is 11.9 Å². The molecule has 0 spiro atoms. The number of tetrazole rings is 1. The first-order chi connectivity index (χ1) is 11.5. The average molecular weight is 347 g/mol. The molecule has 0 bridgehead atoms. The van der Waals surface area contributed by atoms with Gasteiger partial charge in [-0.1, -0.05) is 0 Å². The molecular formula is C14H10FN5O3S. The van der Waals surface area contributed by atoms with Gasteiger partial charge in [-0.3, -0.25) is 4.98 Å². The summed E-state index contributed by atoms with van der Waals surface area (Å²) in [6.45, 7) is 0. The molecule has 0 saturated heterocycles. The Balaban J connectivity index is 1.92. The van der Waals surface area contributed by atoms with E-state index >= 15 is 0 Å². The third kappa shape index (κ3) is 3.13. The molecule has 0 aliphatic heterocycles. The van der Waals surface area contributed by atoms with E-state index in [1.807, 2.05) is 0 Å². The van der Waals surface area contributed by atoms with Crippen LogP contribution in [-0.4, -0.2) is 33.2 Å². The van der Waals surface area contributed by atoms with Gasteiger partial charge in [0.15, 0.2) is 0 Å². The largest absolute Gasteiger partial charge is 0.372 e. The van der Waals surface area contributed by atoms with Gasteiger partial charge in [-0.25, -0.2) is 17.6 Å². The van der Waals surface area contributed by atoms with Crippen molar-refractivity contribution in [1.82, 2.24) is 24.8 Å². The summed E-state index contributed by atoms with van der Waals surface area (Å²) in [6, 6.07) is 7.55. The van der Waals surface area contributed by atoms with E-state index in [1.165, 1.54) is 12.4 Å². The molecule has 0 N–H and O–H groups in total. The minimum absolute atomic E-state index is 0.104. The van der Waals surface area contributed by atoms with E-state index in [0.717, 1.165) is 45.2 Å². The van der Waals surface area contributed by atoms with Gasteiger partial charge in [0, 0.05) is 12.4 Å². The van der Waals surface area contributed by atoms with Gasteiger partial charge in [0.1, 0.15) is 5.82 Å². The Hall–Kier alpha value is -3.14. The van der Waals surface area contributed by atoms with Gasteiger partial charge in [-0.15, -0.1) is 0 Å². The number of hydrogen-bond acceptors (Lipinski definition) is 6. The Morgan fingerprint density at radius 1 is 1.08 bits per heavy atom. The fraction of sp³-hybridized carbons (Fsp3) is 0. The highest BCUT2D eigenvalue weighted by atomic mass is 32.2. The highest BCUT2D eigenvalue weighted by molar-refractivity contribution is 7.94. The second-order valence-electron chi connectivity index (χ2n) is 4.61. The van der Waals surface area contributed by atoms with E-state index in [4.69, 9.17) is 0 Å². The number of pyridine rings is 1. The maximum atomic E-state index is 12.9. The zero-order valence-electron chi connectivity index (χ0n) is 12.0. The first-order valence-corrected chi connectivity index (χ1v) is 8.16. The van der Waals surface area contributed by atoms with Crippen molar-refractivity contribution in [2.75, 3.05) is 0 Å². The summed E-state index contributed by atoms with van der Waals surface area (Å²) in [5.41, 5.74) is -0.267. The fourth-order valence-electron chi connectivity index (χ4n) is 1.83. The standard InChI is InChI=1S/C14H10FN5O3S/c15-11-3-5-13(6-4-11)24(22,23)9-8-19-14(21)20(18-17-19)12-2-1-7-16-10-12/h1-10H. The lowest BCUT2D eigenvalue weighted by molar-refractivity contribution is 0.603. The zero-order chi connectivity index (χ0) is 17.2. The van der Waals surface area contributed by atoms with Gasteiger partial charge in [0.2, 0.25) is 9.84 Å². The molecule has 0 unspecified atom stereocenters. The predicted octanol–water partition coefficient (Wildman–Crippen LogP) is 0.865. The number of hydrogen-bond donors (Lipinski definition) is 0. The van der Waals surface area contributed by atoms with Gasteiger partial charge in [-0.05, 0) is 46.8 Å². The molecule has 122 valence electrons. The van der Waals surface area contributed by atoms with Crippen LogP contribution in [0.2, 0.25) is 0 Å². The van der Waals surface area contributed by atoms with E-state index in [1.54, 1.807) is 12.1 Å². The number of nitrogens with zero attached hydrogens (tertiary/aromatic N) is 5. The monoisotopic (exact) mass is 347 g/mol. The minimum atomic E-state index is -3.84. The van der Waals surface area contributed by atoms with Crippen molar-refractivity contribution in [3.8, 4) is 5.69 Å². The van der Waals surface area contributed by atoms with Gasteiger partial charge in [0.05, 0.1) is 22.2 Å². The Bertz CT molecular complexity index is 1040. The van der Waals surface area contributed by atoms with Crippen LogP contribution in [0.1, 0.15) is 0 Å². The van der Waals surface area contributed by atoms with Crippen molar-refractivity contribution in [3.05, 3.63) is 70.5 Å². The lowest BCUT2D eigenvalue weighted by Crippen LogP contribution is -2.21. The lowest BCUT2D eigenvalue weighted by atomic mass is 10.4. The molecule has 0 saturated carbocycles. The Morgan fingerprint density at radius 2 is 1.83 bits per heavy atom. The smallest absolute Gasteiger partial charge is 0.262 e. The molecule has 2 aromatic heterocycles. The number of sulfone groups is 1. The van der Waals surface area contributed by atoms with Gasteiger partial charge in [-0.2, -0.15) is 9.36 Å².